The van der Waals surface area contributed by atoms with E-state index >= 15 is 0 Å². The van der Waals surface area contributed by atoms with Gasteiger partial charge in [0.15, 0.2) is 5.58 Å². The lowest BCUT2D eigenvalue weighted by Crippen LogP contribution is -2.19. The van der Waals surface area contributed by atoms with Gasteiger partial charge in [0.25, 0.3) is 6.01 Å². The number of oxazole rings is 1. The summed E-state index contributed by atoms with van der Waals surface area (Å²) in [6.45, 7) is 0.924. The molecular weight excluding hydrogens is 192 g/mol. The number of hydrogen-bond donors (Lipinski definition) is 1. The van der Waals surface area contributed by atoms with Crippen molar-refractivity contribution in [3.05, 3.63) is 24.3 Å². The molecule has 0 unspecified atom stereocenters. The van der Waals surface area contributed by atoms with E-state index in [4.69, 9.17) is 9.52 Å². The molecule has 1 heterocycles. The van der Waals surface area contributed by atoms with E-state index in [0.29, 0.717) is 6.01 Å². The third kappa shape index (κ3) is 2.10. The van der Waals surface area contributed by atoms with E-state index < -0.39 is 0 Å². The van der Waals surface area contributed by atoms with E-state index in [1.807, 2.05) is 36.2 Å². The zero-order chi connectivity index (χ0) is 10.7. The number of para-hydroxylation sites is 2. The monoisotopic (exact) mass is 206 g/mol. The fraction of sp³-hybridized carbons (Fsp3) is 0.364. The highest BCUT2D eigenvalue weighted by Gasteiger charge is 2.08. The standard InChI is InChI=1S/C11H14N2O2/c1-13(7-4-8-14)11-12-9-5-2-3-6-10(9)15-11/h2-3,5-6,14H,4,7-8H2,1H3. The molecule has 0 radical (unpaired) electrons. The summed E-state index contributed by atoms with van der Waals surface area (Å²) in [5, 5.41) is 8.72. The average Bonchev–Trinajstić information content (AvgIpc) is 2.69. The molecule has 0 aliphatic heterocycles. The Morgan fingerprint density at radius 3 is 2.93 bits per heavy atom. The van der Waals surface area contributed by atoms with Gasteiger partial charge in [0.2, 0.25) is 0 Å². The van der Waals surface area contributed by atoms with E-state index in [9.17, 15) is 0 Å². The maximum Gasteiger partial charge on any atom is 0.298 e. The fourth-order valence-corrected chi connectivity index (χ4v) is 1.43. The van der Waals surface area contributed by atoms with Crippen molar-refractivity contribution in [1.29, 1.82) is 0 Å². The van der Waals surface area contributed by atoms with Crippen LogP contribution in [0.25, 0.3) is 11.1 Å². The summed E-state index contributed by atoms with van der Waals surface area (Å²) in [4.78, 5) is 6.24. The first kappa shape index (κ1) is 9.98. The number of aromatic nitrogens is 1. The van der Waals surface area contributed by atoms with E-state index in [1.54, 1.807) is 0 Å². The Kier molecular flexibility index (Phi) is 2.87. The molecule has 1 aromatic heterocycles. The predicted molar refractivity (Wildman–Crippen MR) is 59.0 cm³/mol. The molecule has 0 bridgehead atoms. The lowest BCUT2D eigenvalue weighted by atomic mass is 10.3. The molecule has 2 rings (SSSR count). The Morgan fingerprint density at radius 2 is 2.20 bits per heavy atom. The zero-order valence-corrected chi connectivity index (χ0v) is 8.68. The van der Waals surface area contributed by atoms with Gasteiger partial charge in [0.1, 0.15) is 5.52 Å². The fourth-order valence-electron chi connectivity index (χ4n) is 1.43. The van der Waals surface area contributed by atoms with Gasteiger partial charge in [-0.15, -0.1) is 0 Å². The lowest BCUT2D eigenvalue weighted by Gasteiger charge is -2.12. The molecule has 4 nitrogen and oxygen atoms in total. The SMILES string of the molecule is CN(CCCO)c1nc2ccccc2o1. The highest BCUT2D eigenvalue weighted by atomic mass is 16.4. The average molecular weight is 206 g/mol. The highest BCUT2D eigenvalue weighted by molar-refractivity contribution is 5.74. The number of anilines is 1. The second-order valence-corrected chi connectivity index (χ2v) is 3.46. The number of hydrogen-bond acceptors (Lipinski definition) is 4. The van der Waals surface area contributed by atoms with Crippen molar-refractivity contribution in [2.24, 2.45) is 0 Å². The van der Waals surface area contributed by atoms with Crippen LogP contribution in [0.1, 0.15) is 6.42 Å². The van der Waals surface area contributed by atoms with Crippen LogP contribution in [0.3, 0.4) is 0 Å². The first-order valence-electron chi connectivity index (χ1n) is 4.99. The van der Waals surface area contributed by atoms with Gasteiger partial charge in [-0.2, -0.15) is 4.98 Å². The van der Waals surface area contributed by atoms with Crippen LogP contribution in [0.4, 0.5) is 6.01 Å². The summed E-state index contributed by atoms with van der Waals surface area (Å²) in [6.07, 6.45) is 0.717. The summed E-state index contributed by atoms with van der Waals surface area (Å²) in [5.41, 5.74) is 1.66. The molecule has 0 atom stereocenters. The zero-order valence-electron chi connectivity index (χ0n) is 8.68. The molecule has 0 amide bonds. The number of rotatable bonds is 4. The summed E-state index contributed by atoms with van der Waals surface area (Å²) in [5.74, 6) is 0. The molecule has 2 aromatic rings. The Balaban J connectivity index is 2.20. The number of benzene rings is 1. The normalized spacial score (nSPS) is 10.8. The molecule has 0 spiro atoms. The predicted octanol–water partition coefficient (Wildman–Crippen LogP) is 1.65. The van der Waals surface area contributed by atoms with Crippen molar-refractivity contribution in [3.63, 3.8) is 0 Å². The molecule has 15 heavy (non-hydrogen) atoms. The lowest BCUT2D eigenvalue weighted by molar-refractivity contribution is 0.289. The summed E-state index contributed by atoms with van der Waals surface area (Å²) in [7, 11) is 1.90. The van der Waals surface area contributed by atoms with Gasteiger partial charge >= 0.3 is 0 Å². The summed E-state index contributed by atoms with van der Waals surface area (Å²) >= 11 is 0. The van der Waals surface area contributed by atoms with Crippen molar-refractivity contribution < 1.29 is 9.52 Å². The third-order valence-corrected chi connectivity index (χ3v) is 2.26. The van der Waals surface area contributed by atoms with Gasteiger partial charge in [-0.3, -0.25) is 0 Å². The van der Waals surface area contributed by atoms with Crippen LogP contribution in [-0.4, -0.2) is 30.3 Å². The minimum atomic E-state index is 0.185. The molecule has 0 aliphatic carbocycles. The molecule has 1 N–H and O–H groups in total. The first-order valence-corrected chi connectivity index (χ1v) is 4.99. The number of aliphatic hydroxyl groups is 1. The molecule has 1 aromatic carbocycles. The van der Waals surface area contributed by atoms with Crippen LogP contribution in [0.2, 0.25) is 0 Å². The maximum absolute atomic E-state index is 8.72. The third-order valence-electron chi connectivity index (χ3n) is 2.26. The second kappa shape index (κ2) is 4.31. The molecule has 80 valence electrons. The van der Waals surface area contributed by atoms with Gasteiger partial charge in [-0.05, 0) is 18.6 Å². The summed E-state index contributed by atoms with van der Waals surface area (Å²) in [6, 6.07) is 8.27. The Labute approximate surface area is 88.1 Å². The molecule has 4 heteroatoms. The minimum Gasteiger partial charge on any atom is -0.423 e. The van der Waals surface area contributed by atoms with Gasteiger partial charge < -0.3 is 14.4 Å². The highest BCUT2D eigenvalue weighted by Crippen LogP contribution is 2.20. The Bertz CT molecular complexity index is 406. The Hall–Kier alpha value is -1.55. The van der Waals surface area contributed by atoms with Gasteiger partial charge in [0.05, 0.1) is 0 Å². The van der Waals surface area contributed by atoms with Gasteiger partial charge in [-0.1, -0.05) is 12.1 Å². The van der Waals surface area contributed by atoms with Crippen LogP contribution in [0.5, 0.6) is 0 Å². The van der Waals surface area contributed by atoms with Crippen LogP contribution < -0.4 is 4.90 Å². The van der Waals surface area contributed by atoms with Crippen molar-refractivity contribution in [1.82, 2.24) is 4.98 Å². The number of fused-ring (bicyclic) bond motifs is 1. The summed E-state index contributed by atoms with van der Waals surface area (Å²) < 4.78 is 5.56. The maximum atomic E-state index is 8.72. The van der Waals surface area contributed by atoms with E-state index in [1.165, 1.54) is 0 Å². The van der Waals surface area contributed by atoms with E-state index in [2.05, 4.69) is 4.98 Å². The molecule has 0 saturated heterocycles. The van der Waals surface area contributed by atoms with Crippen molar-refractivity contribution in [3.8, 4) is 0 Å². The van der Waals surface area contributed by atoms with Crippen LogP contribution >= 0.6 is 0 Å². The van der Waals surface area contributed by atoms with E-state index in [0.717, 1.165) is 24.1 Å². The smallest absolute Gasteiger partial charge is 0.298 e. The number of nitrogens with zero attached hydrogens (tertiary/aromatic N) is 2. The first-order chi connectivity index (χ1) is 7.31. The second-order valence-electron chi connectivity index (χ2n) is 3.46. The van der Waals surface area contributed by atoms with Gasteiger partial charge in [-0.25, -0.2) is 0 Å². The molecule has 0 aliphatic rings. The largest absolute Gasteiger partial charge is 0.423 e. The van der Waals surface area contributed by atoms with E-state index in [-0.39, 0.29) is 6.61 Å². The Morgan fingerprint density at radius 1 is 1.40 bits per heavy atom. The van der Waals surface area contributed by atoms with Crippen LogP contribution in [0, 0.1) is 0 Å². The van der Waals surface area contributed by atoms with Crippen LogP contribution in [0.15, 0.2) is 28.7 Å². The van der Waals surface area contributed by atoms with Crippen molar-refractivity contribution in [2.75, 3.05) is 25.1 Å². The minimum absolute atomic E-state index is 0.185. The van der Waals surface area contributed by atoms with Gasteiger partial charge in [0, 0.05) is 20.2 Å². The molecule has 0 fully saturated rings. The molecule has 0 saturated carbocycles. The topological polar surface area (TPSA) is 49.5 Å². The number of aliphatic hydroxyl groups excluding tert-OH is 1. The quantitative estimate of drug-likeness (QED) is 0.826. The van der Waals surface area contributed by atoms with Crippen molar-refractivity contribution in [2.45, 2.75) is 6.42 Å². The van der Waals surface area contributed by atoms with Crippen molar-refractivity contribution >= 4 is 17.1 Å². The molecular formula is C11H14N2O2. The van der Waals surface area contributed by atoms with Crippen LogP contribution in [-0.2, 0) is 0 Å².